The van der Waals surface area contributed by atoms with E-state index in [1.807, 2.05) is 31.2 Å². The Morgan fingerprint density at radius 3 is 2.47 bits per heavy atom. The van der Waals surface area contributed by atoms with Crippen LogP contribution in [0.15, 0.2) is 34.9 Å². The van der Waals surface area contributed by atoms with Crippen LogP contribution in [0.2, 0.25) is 0 Å². The fraction of sp³-hybridized carbons (Fsp3) is 0.231. The summed E-state index contributed by atoms with van der Waals surface area (Å²) in [4.78, 5) is 23.8. The topological polar surface area (TPSA) is 58.6 Å². The summed E-state index contributed by atoms with van der Waals surface area (Å²) in [6, 6.07) is 7.53. The van der Waals surface area contributed by atoms with Crippen LogP contribution in [-0.2, 0) is 9.53 Å². The Kier molecular flexibility index (Phi) is 3.80. The van der Waals surface area contributed by atoms with Crippen LogP contribution in [-0.4, -0.2) is 18.3 Å². The first kappa shape index (κ1) is 13.5. The molecule has 1 heterocycles. The van der Waals surface area contributed by atoms with E-state index in [9.17, 15) is 9.59 Å². The molecule has 1 aromatic carbocycles. The number of carbonyl (C=O) groups is 2. The van der Waals surface area contributed by atoms with E-state index in [0.717, 1.165) is 23.0 Å². The second kappa shape index (κ2) is 5.36. The smallest absolute Gasteiger partial charge is 0.346 e. The number of rotatable bonds is 2. The van der Waals surface area contributed by atoms with Crippen molar-refractivity contribution in [3.8, 4) is 0 Å². The molecule has 0 atom stereocenters. The molecule has 0 saturated carbocycles. The second-order valence-electron chi connectivity index (χ2n) is 4.10. The molecule has 0 aromatic heterocycles. The molecule has 0 radical (unpaired) electrons. The zero-order chi connectivity index (χ0) is 14.0. The van der Waals surface area contributed by atoms with Gasteiger partial charge >= 0.3 is 11.2 Å². The molecule has 19 heavy (non-hydrogen) atoms. The largest absolute Gasteiger partial charge is 0.465 e. The number of nitrogens with one attached hydrogen (secondary N) is 1. The average Bonchev–Trinajstić information content (AvgIpc) is 2.41. The lowest BCUT2D eigenvalue weighted by molar-refractivity contribution is -0.135. The molecular formula is C13H14N2O3S. The summed E-state index contributed by atoms with van der Waals surface area (Å²) < 4.78 is 4.64. The monoisotopic (exact) mass is 278 g/mol. The number of hydrogen-bond acceptors (Lipinski definition) is 5. The van der Waals surface area contributed by atoms with E-state index in [2.05, 4.69) is 10.2 Å². The first-order valence-electron chi connectivity index (χ1n) is 5.67. The Morgan fingerprint density at radius 1 is 1.26 bits per heavy atom. The maximum Gasteiger partial charge on any atom is 0.346 e. The fourth-order valence-electron chi connectivity index (χ4n) is 1.62. The molecule has 2 rings (SSSR count). The van der Waals surface area contributed by atoms with Crippen molar-refractivity contribution in [3.63, 3.8) is 0 Å². The molecule has 1 amide bonds. The number of thioether (sulfide) groups is 1. The predicted octanol–water partition coefficient (Wildman–Crippen LogP) is 2.58. The number of benzene rings is 1. The van der Waals surface area contributed by atoms with Gasteiger partial charge in [-0.25, -0.2) is 9.80 Å². The molecule has 0 aliphatic carbocycles. The Morgan fingerprint density at radius 2 is 1.89 bits per heavy atom. The Bertz CT molecular complexity index is 552. The van der Waals surface area contributed by atoms with Crippen molar-refractivity contribution in [2.75, 3.05) is 12.1 Å². The van der Waals surface area contributed by atoms with E-state index in [1.54, 1.807) is 6.92 Å². The summed E-state index contributed by atoms with van der Waals surface area (Å²) in [6.45, 7) is 3.71. The molecule has 0 unspecified atom stereocenters. The second-order valence-corrected chi connectivity index (χ2v) is 5.06. The number of ether oxygens (including phenoxy) is 1. The van der Waals surface area contributed by atoms with E-state index >= 15 is 0 Å². The Hall–Kier alpha value is -1.95. The molecule has 1 N–H and O–H groups in total. The lowest BCUT2D eigenvalue weighted by atomic mass is 10.2. The molecule has 1 aliphatic rings. The van der Waals surface area contributed by atoms with E-state index in [1.165, 1.54) is 12.1 Å². The van der Waals surface area contributed by atoms with E-state index in [0.29, 0.717) is 5.70 Å². The number of hydrazine groups is 1. The highest BCUT2D eigenvalue weighted by Gasteiger charge is 2.29. The van der Waals surface area contributed by atoms with Crippen LogP contribution < -0.4 is 10.4 Å². The fourth-order valence-corrected chi connectivity index (χ4v) is 2.41. The van der Waals surface area contributed by atoms with Crippen LogP contribution in [0.3, 0.4) is 0 Å². The summed E-state index contributed by atoms with van der Waals surface area (Å²) in [7, 11) is 1.29. The minimum absolute atomic E-state index is 0.269. The maximum atomic E-state index is 12.0. The lowest BCUT2D eigenvalue weighted by Gasteiger charge is -2.29. The van der Waals surface area contributed by atoms with Crippen molar-refractivity contribution in [2.45, 2.75) is 13.8 Å². The molecule has 0 saturated heterocycles. The minimum atomic E-state index is -0.507. The number of allylic oxidation sites excluding steroid dienone is 1. The molecule has 6 heteroatoms. The highest BCUT2D eigenvalue weighted by atomic mass is 32.2. The summed E-state index contributed by atoms with van der Waals surface area (Å²) in [6.07, 6.45) is 0. The van der Waals surface area contributed by atoms with Crippen LogP contribution in [0.1, 0.15) is 12.5 Å². The Labute approximate surface area is 115 Å². The summed E-state index contributed by atoms with van der Waals surface area (Å²) >= 11 is 0.864. The van der Waals surface area contributed by atoms with E-state index in [-0.39, 0.29) is 10.1 Å². The third kappa shape index (κ3) is 2.73. The third-order valence-corrected chi connectivity index (χ3v) is 3.69. The average molecular weight is 278 g/mol. The molecule has 1 aliphatic heterocycles. The number of methoxy groups -OCH3 is 1. The van der Waals surface area contributed by atoms with Crippen molar-refractivity contribution >= 4 is 28.7 Å². The number of nitrogens with zero attached hydrogens (tertiary/aromatic N) is 1. The first-order valence-corrected chi connectivity index (χ1v) is 6.49. The zero-order valence-electron chi connectivity index (χ0n) is 10.9. The first-order chi connectivity index (χ1) is 9.02. The standard InChI is InChI=1S/C13H14N2O3S/c1-8-4-6-10(7-5-8)15-13(17)19-11(9(2)14-15)12(16)18-3/h4-7,14H,1-3H3. The zero-order valence-corrected chi connectivity index (χ0v) is 11.7. The highest BCUT2D eigenvalue weighted by molar-refractivity contribution is 8.18. The Balaban J connectivity index is 2.28. The quantitative estimate of drug-likeness (QED) is 0.843. The van der Waals surface area contributed by atoms with Crippen LogP contribution >= 0.6 is 11.8 Å². The van der Waals surface area contributed by atoms with Crippen molar-refractivity contribution < 1.29 is 14.3 Å². The summed E-state index contributed by atoms with van der Waals surface area (Å²) in [5.74, 6) is -0.507. The SMILES string of the molecule is COC(=O)C1=C(C)NN(c2ccc(C)cc2)C(=O)S1. The van der Waals surface area contributed by atoms with Crippen LogP contribution in [0.4, 0.5) is 10.5 Å². The van der Waals surface area contributed by atoms with Gasteiger partial charge in [0.25, 0.3) is 0 Å². The van der Waals surface area contributed by atoms with Crippen LogP contribution in [0, 0.1) is 6.92 Å². The number of esters is 1. The number of amides is 1. The van der Waals surface area contributed by atoms with Gasteiger partial charge in [0.15, 0.2) is 0 Å². The minimum Gasteiger partial charge on any atom is -0.465 e. The van der Waals surface area contributed by atoms with Crippen molar-refractivity contribution in [1.29, 1.82) is 0 Å². The number of carbonyl (C=O) groups excluding carboxylic acids is 2. The molecule has 5 nitrogen and oxygen atoms in total. The van der Waals surface area contributed by atoms with Gasteiger partial charge in [0.2, 0.25) is 0 Å². The number of hydrogen-bond donors (Lipinski definition) is 1. The summed E-state index contributed by atoms with van der Waals surface area (Å²) in [5.41, 5.74) is 5.35. The molecule has 1 aromatic rings. The van der Waals surface area contributed by atoms with Gasteiger partial charge in [0, 0.05) is 0 Å². The predicted molar refractivity (Wildman–Crippen MR) is 74.5 cm³/mol. The van der Waals surface area contributed by atoms with E-state index < -0.39 is 5.97 Å². The maximum absolute atomic E-state index is 12.0. The number of anilines is 1. The van der Waals surface area contributed by atoms with Gasteiger partial charge in [-0.15, -0.1) is 0 Å². The highest BCUT2D eigenvalue weighted by Crippen LogP contribution is 2.30. The summed E-state index contributed by atoms with van der Waals surface area (Å²) in [5, 5.41) is 1.14. The van der Waals surface area contributed by atoms with Crippen LogP contribution in [0.25, 0.3) is 0 Å². The third-order valence-electron chi connectivity index (χ3n) is 2.66. The van der Waals surface area contributed by atoms with Gasteiger partial charge in [-0.3, -0.25) is 10.2 Å². The number of aryl methyl sites for hydroxylation is 1. The molecule has 0 spiro atoms. The van der Waals surface area contributed by atoms with Gasteiger partial charge < -0.3 is 4.74 Å². The van der Waals surface area contributed by atoms with Gasteiger partial charge in [-0.1, -0.05) is 17.7 Å². The van der Waals surface area contributed by atoms with Gasteiger partial charge in [0.05, 0.1) is 18.5 Å². The molecular weight excluding hydrogens is 264 g/mol. The molecule has 100 valence electrons. The van der Waals surface area contributed by atoms with Gasteiger partial charge in [0.1, 0.15) is 4.91 Å². The van der Waals surface area contributed by atoms with Gasteiger partial charge in [-0.05, 0) is 37.7 Å². The van der Waals surface area contributed by atoms with Gasteiger partial charge in [-0.2, -0.15) is 0 Å². The normalized spacial score (nSPS) is 15.3. The lowest BCUT2D eigenvalue weighted by Crippen LogP contribution is -2.43. The molecule has 0 fully saturated rings. The molecule has 0 bridgehead atoms. The van der Waals surface area contributed by atoms with Crippen molar-refractivity contribution in [2.24, 2.45) is 0 Å². The van der Waals surface area contributed by atoms with Crippen LogP contribution in [0.5, 0.6) is 0 Å². The van der Waals surface area contributed by atoms with E-state index in [4.69, 9.17) is 0 Å². The van der Waals surface area contributed by atoms with Crippen molar-refractivity contribution in [3.05, 3.63) is 40.4 Å². The van der Waals surface area contributed by atoms with Crippen molar-refractivity contribution in [1.82, 2.24) is 5.43 Å².